The van der Waals surface area contributed by atoms with Crippen molar-refractivity contribution < 1.29 is 9.59 Å². The minimum atomic E-state index is -0.329. The molecule has 5 heteroatoms. The van der Waals surface area contributed by atoms with Gasteiger partial charge in [-0.15, -0.1) is 0 Å². The summed E-state index contributed by atoms with van der Waals surface area (Å²) in [4.78, 5) is 24.4. The monoisotopic (exact) mass is 427 g/mol. The van der Waals surface area contributed by atoms with E-state index in [-0.39, 0.29) is 24.5 Å². The van der Waals surface area contributed by atoms with Gasteiger partial charge in [0.05, 0.1) is 12.6 Å². The lowest BCUT2D eigenvalue weighted by atomic mass is 9.88. The van der Waals surface area contributed by atoms with Gasteiger partial charge in [0.2, 0.25) is 5.91 Å². The van der Waals surface area contributed by atoms with Crippen molar-refractivity contribution in [3.8, 4) is 11.1 Å². The average molecular weight is 428 g/mol. The number of rotatable bonds is 7. The average Bonchev–Trinajstić information content (AvgIpc) is 2.84. The van der Waals surface area contributed by atoms with Crippen molar-refractivity contribution in [2.45, 2.75) is 31.7 Å². The van der Waals surface area contributed by atoms with E-state index >= 15 is 0 Å². The second-order valence-corrected chi connectivity index (χ2v) is 8.13. The molecule has 0 radical (unpaired) electrons. The van der Waals surface area contributed by atoms with Crippen LogP contribution in [0.25, 0.3) is 11.1 Å². The first kappa shape index (κ1) is 21.6. The number of hydrogen-bond acceptors (Lipinski definition) is 2. The highest BCUT2D eigenvalue weighted by Gasteiger charge is 2.21. The Morgan fingerprint density at radius 2 is 1.53 bits per heavy atom. The molecule has 3 N–H and O–H groups in total. The van der Waals surface area contributed by atoms with Crippen LogP contribution in [0.1, 0.15) is 35.6 Å². The predicted molar refractivity (Wildman–Crippen MR) is 127 cm³/mol. The van der Waals surface area contributed by atoms with Crippen molar-refractivity contribution in [1.82, 2.24) is 16.0 Å². The first-order valence-corrected chi connectivity index (χ1v) is 11.2. The van der Waals surface area contributed by atoms with E-state index in [1.54, 1.807) is 0 Å². The molecular weight excluding hydrogens is 398 g/mol. The van der Waals surface area contributed by atoms with E-state index in [0.717, 1.165) is 31.2 Å². The van der Waals surface area contributed by atoms with Gasteiger partial charge in [-0.2, -0.15) is 0 Å². The first-order chi connectivity index (χ1) is 15.7. The molecule has 3 amide bonds. The second kappa shape index (κ2) is 10.6. The quantitative estimate of drug-likeness (QED) is 0.523. The lowest BCUT2D eigenvalue weighted by molar-refractivity contribution is -0.120. The number of amides is 3. The molecule has 4 rings (SSSR count). The van der Waals surface area contributed by atoms with E-state index in [1.165, 1.54) is 22.3 Å². The maximum absolute atomic E-state index is 12.3. The molecule has 0 heterocycles. The summed E-state index contributed by atoms with van der Waals surface area (Å²) >= 11 is 0. The Balaban J connectivity index is 1.17. The molecule has 5 nitrogen and oxygen atoms in total. The van der Waals surface area contributed by atoms with Crippen LogP contribution in [-0.2, 0) is 17.6 Å². The Morgan fingerprint density at radius 1 is 0.812 bits per heavy atom. The van der Waals surface area contributed by atoms with Crippen LogP contribution < -0.4 is 16.0 Å². The van der Waals surface area contributed by atoms with Crippen molar-refractivity contribution in [3.63, 3.8) is 0 Å². The Bertz CT molecular complexity index is 1050. The van der Waals surface area contributed by atoms with Crippen molar-refractivity contribution in [2.75, 3.05) is 13.1 Å². The number of urea groups is 1. The first-order valence-electron chi connectivity index (χ1n) is 11.2. The van der Waals surface area contributed by atoms with Gasteiger partial charge in [-0.25, -0.2) is 4.79 Å². The summed E-state index contributed by atoms with van der Waals surface area (Å²) in [5.74, 6) is -0.168. The number of carbonyl (C=O) groups is 2. The standard InChI is InChI=1S/C27H29N3O2/c31-26(30-25-12-6-10-23-9-4-5-11-24(23)25)19-29-27(32)28-18-17-20-13-15-22(16-14-20)21-7-2-1-3-8-21/h1-5,7-9,11,13-16,25H,6,10,12,17-19H2,(H,30,31)(H2,28,29,32). The van der Waals surface area contributed by atoms with Crippen molar-refractivity contribution in [1.29, 1.82) is 0 Å². The smallest absolute Gasteiger partial charge is 0.315 e. The minimum absolute atomic E-state index is 0.0242. The molecule has 0 saturated heterocycles. The summed E-state index contributed by atoms with van der Waals surface area (Å²) in [5.41, 5.74) is 6.00. The normalized spacial score (nSPS) is 14.8. The molecule has 1 unspecified atom stereocenters. The number of benzene rings is 3. The SMILES string of the molecule is O=C(CNC(=O)NCCc1ccc(-c2ccccc2)cc1)NC1CCCc2ccccc21. The van der Waals surface area contributed by atoms with Crippen LogP contribution in [-0.4, -0.2) is 25.0 Å². The van der Waals surface area contributed by atoms with E-state index in [9.17, 15) is 9.59 Å². The van der Waals surface area contributed by atoms with Gasteiger partial charge in [0.15, 0.2) is 0 Å². The van der Waals surface area contributed by atoms with Gasteiger partial charge in [-0.05, 0) is 53.5 Å². The third-order valence-corrected chi connectivity index (χ3v) is 5.87. The maximum atomic E-state index is 12.3. The van der Waals surface area contributed by atoms with Gasteiger partial charge in [0.1, 0.15) is 0 Å². The van der Waals surface area contributed by atoms with Gasteiger partial charge >= 0.3 is 6.03 Å². The Morgan fingerprint density at radius 3 is 2.34 bits per heavy atom. The highest BCUT2D eigenvalue weighted by molar-refractivity contribution is 5.84. The molecule has 164 valence electrons. The molecular formula is C27H29N3O2. The number of aryl methyl sites for hydroxylation is 1. The molecule has 0 aromatic heterocycles. The zero-order valence-corrected chi connectivity index (χ0v) is 18.1. The Hall–Kier alpha value is -3.60. The lowest BCUT2D eigenvalue weighted by Gasteiger charge is -2.26. The predicted octanol–water partition coefficient (Wildman–Crippen LogP) is 4.39. The van der Waals surface area contributed by atoms with E-state index in [0.29, 0.717) is 6.54 Å². The highest BCUT2D eigenvalue weighted by atomic mass is 16.2. The molecule has 1 aliphatic carbocycles. The van der Waals surface area contributed by atoms with Gasteiger partial charge in [0.25, 0.3) is 0 Å². The van der Waals surface area contributed by atoms with Crippen LogP contribution in [0.4, 0.5) is 4.79 Å². The second-order valence-electron chi connectivity index (χ2n) is 8.13. The fourth-order valence-corrected chi connectivity index (χ4v) is 4.19. The van der Waals surface area contributed by atoms with Gasteiger partial charge in [0, 0.05) is 6.54 Å². The summed E-state index contributed by atoms with van der Waals surface area (Å²) < 4.78 is 0. The summed E-state index contributed by atoms with van der Waals surface area (Å²) in [6.07, 6.45) is 3.77. The van der Waals surface area contributed by atoms with Crippen molar-refractivity contribution in [2.24, 2.45) is 0 Å². The highest BCUT2D eigenvalue weighted by Crippen LogP contribution is 2.29. The molecule has 0 aliphatic heterocycles. The fourth-order valence-electron chi connectivity index (χ4n) is 4.19. The minimum Gasteiger partial charge on any atom is -0.348 e. The summed E-state index contributed by atoms with van der Waals surface area (Å²) in [6, 6.07) is 26.5. The third kappa shape index (κ3) is 5.76. The zero-order chi connectivity index (χ0) is 22.2. The number of nitrogens with one attached hydrogen (secondary N) is 3. The topological polar surface area (TPSA) is 70.2 Å². The Kier molecular flexibility index (Phi) is 7.18. The van der Waals surface area contributed by atoms with Crippen molar-refractivity contribution >= 4 is 11.9 Å². The van der Waals surface area contributed by atoms with E-state index in [1.807, 2.05) is 30.3 Å². The van der Waals surface area contributed by atoms with Gasteiger partial charge in [-0.1, -0.05) is 78.9 Å². The van der Waals surface area contributed by atoms with E-state index in [2.05, 4.69) is 64.5 Å². The van der Waals surface area contributed by atoms with Crippen molar-refractivity contribution in [3.05, 3.63) is 95.6 Å². The number of carbonyl (C=O) groups excluding carboxylic acids is 2. The summed E-state index contributed by atoms with van der Waals surface area (Å²) in [7, 11) is 0. The summed E-state index contributed by atoms with van der Waals surface area (Å²) in [6.45, 7) is 0.477. The molecule has 3 aromatic carbocycles. The third-order valence-electron chi connectivity index (χ3n) is 5.87. The number of fused-ring (bicyclic) bond motifs is 1. The van der Waals surface area contributed by atoms with E-state index in [4.69, 9.17) is 0 Å². The maximum Gasteiger partial charge on any atom is 0.315 e. The molecule has 0 spiro atoms. The van der Waals surface area contributed by atoms with Crippen LogP contribution in [0.2, 0.25) is 0 Å². The molecule has 0 fully saturated rings. The van der Waals surface area contributed by atoms with Crippen LogP contribution in [0.15, 0.2) is 78.9 Å². The van der Waals surface area contributed by atoms with E-state index < -0.39 is 0 Å². The Labute approximate surface area is 189 Å². The fraction of sp³-hybridized carbons (Fsp3) is 0.259. The molecule has 1 atom stereocenters. The molecule has 0 bridgehead atoms. The lowest BCUT2D eigenvalue weighted by Crippen LogP contribution is -2.43. The van der Waals surface area contributed by atoms with Crippen LogP contribution in [0.3, 0.4) is 0 Å². The largest absolute Gasteiger partial charge is 0.348 e. The number of hydrogen-bond donors (Lipinski definition) is 3. The van der Waals surface area contributed by atoms with Crippen LogP contribution >= 0.6 is 0 Å². The molecule has 32 heavy (non-hydrogen) atoms. The zero-order valence-electron chi connectivity index (χ0n) is 18.1. The molecule has 3 aromatic rings. The summed E-state index contributed by atoms with van der Waals surface area (Å²) in [5, 5.41) is 8.52. The molecule has 0 saturated carbocycles. The van der Waals surface area contributed by atoms with Gasteiger partial charge < -0.3 is 16.0 Å². The van der Waals surface area contributed by atoms with Crippen LogP contribution in [0, 0.1) is 0 Å². The van der Waals surface area contributed by atoms with Crippen LogP contribution in [0.5, 0.6) is 0 Å². The molecule has 1 aliphatic rings. The van der Waals surface area contributed by atoms with Gasteiger partial charge in [-0.3, -0.25) is 4.79 Å².